The number of esters is 1. The summed E-state index contributed by atoms with van der Waals surface area (Å²) in [4.78, 5) is 12.0. The Balaban J connectivity index is 3.20. The molecule has 4 nitrogen and oxygen atoms in total. The molecule has 18 heavy (non-hydrogen) atoms. The molecule has 0 bridgehead atoms. The molecule has 4 heteroatoms. The summed E-state index contributed by atoms with van der Waals surface area (Å²) in [6, 6.07) is 3.52. The first kappa shape index (κ1) is 14.1. The van der Waals surface area contributed by atoms with Gasteiger partial charge in [-0.25, -0.2) is 4.79 Å². The molecule has 0 fully saturated rings. The molecule has 0 amide bonds. The van der Waals surface area contributed by atoms with Crippen molar-refractivity contribution >= 4 is 5.97 Å². The van der Waals surface area contributed by atoms with E-state index < -0.39 is 5.97 Å². The maximum Gasteiger partial charge on any atom is 0.350 e. The van der Waals surface area contributed by atoms with Crippen LogP contribution in [0.1, 0.15) is 29.3 Å². The number of methoxy groups -OCH3 is 2. The summed E-state index contributed by atoms with van der Waals surface area (Å²) in [5.41, 5.74) is 1.22. The van der Waals surface area contributed by atoms with Gasteiger partial charge in [-0.05, 0) is 24.6 Å². The average Bonchev–Trinajstić information content (AvgIpc) is 2.36. The summed E-state index contributed by atoms with van der Waals surface area (Å²) < 4.78 is 15.5. The molecule has 1 aromatic rings. The number of benzene rings is 1. The van der Waals surface area contributed by atoms with Crippen LogP contribution in [0.25, 0.3) is 0 Å². The Morgan fingerprint density at radius 2 is 1.72 bits per heavy atom. The Morgan fingerprint density at radius 1 is 1.22 bits per heavy atom. The van der Waals surface area contributed by atoms with Gasteiger partial charge in [0.1, 0.15) is 22.8 Å². The lowest BCUT2D eigenvalue weighted by molar-refractivity contribution is 0.0610. The van der Waals surface area contributed by atoms with Gasteiger partial charge >= 0.3 is 5.97 Å². The van der Waals surface area contributed by atoms with Gasteiger partial charge in [0.25, 0.3) is 0 Å². The highest BCUT2D eigenvalue weighted by molar-refractivity contribution is 5.96. The quantitative estimate of drug-likeness (QED) is 0.595. The molecule has 0 radical (unpaired) electrons. The van der Waals surface area contributed by atoms with E-state index in [1.807, 2.05) is 13.8 Å². The Morgan fingerprint density at radius 3 is 2.11 bits per heavy atom. The van der Waals surface area contributed by atoms with Crippen molar-refractivity contribution in [3.8, 4) is 11.5 Å². The van der Waals surface area contributed by atoms with Crippen molar-refractivity contribution in [2.75, 3.05) is 14.2 Å². The first-order valence-corrected chi connectivity index (χ1v) is 5.66. The maximum atomic E-state index is 12.0. The fourth-order valence-electron chi connectivity index (χ4n) is 1.50. The Hall–Kier alpha value is -1.97. The van der Waals surface area contributed by atoms with Gasteiger partial charge in [0.2, 0.25) is 0 Å². The number of carbonyl (C=O) groups excluding carboxylic acids is 1. The zero-order chi connectivity index (χ0) is 13.7. The van der Waals surface area contributed by atoms with Crippen molar-refractivity contribution < 1.29 is 19.0 Å². The van der Waals surface area contributed by atoms with Gasteiger partial charge in [-0.1, -0.05) is 13.5 Å². The van der Waals surface area contributed by atoms with E-state index in [0.717, 1.165) is 5.56 Å². The number of rotatable bonds is 5. The fraction of sp³-hybridized carbons (Fsp3) is 0.357. The number of carbonyl (C=O) groups is 1. The zero-order valence-electron chi connectivity index (χ0n) is 11.2. The molecule has 0 aliphatic rings. The van der Waals surface area contributed by atoms with Crippen molar-refractivity contribution in [1.82, 2.24) is 0 Å². The maximum absolute atomic E-state index is 12.0. The van der Waals surface area contributed by atoms with Gasteiger partial charge in [-0.3, -0.25) is 0 Å². The molecule has 0 saturated heterocycles. The fourth-order valence-corrected chi connectivity index (χ4v) is 1.50. The van der Waals surface area contributed by atoms with Crippen LogP contribution in [0, 0.1) is 6.92 Å². The number of hydrogen-bond acceptors (Lipinski definition) is 4. The van der Waals surface area contributed by atoms with Gasteiger partial charge in [-0.2, -0.15) is 0 Å². The van der Waals surface area contributed by atoms with Crippen molar-refractivity contribution in [1.29, 1.82) is 0 Å². The molecule has 0 atom stereocenters. The topological polar surface area (TPSA) is 44.8 Å². The van der Waals surface area contributed by atoms with Crippen LogP contribution in [0.5, 0.6) is 11.5 Å². The molecular weight excluding hydrogens is 232 g/mol. The highest BCUT2D eigenvalue weighted by Gasteiger charge is 2.21. The van der Waals surface area contributed by atoms with E-state index in [0.29, 0.717) is 23.7 Å². The van der Waals surface area contributed by atoms with Crippen LogP contribution in [0.2, 0.25) is 0 Å². The molecular formula is C14H18O4. The normalized spacial score (nSPS) is 9.78. The van der Waals surface area contributed by atoms with Gasteiger partial charge in [0.15, 0.2) is 0 Å². The summed E-state index contributed by atoms with van der Waals surface area (Å²) in [5.74, 6) is 0.752. The molecule has 0 aliphatic carbocycles. The second kappa shape index (κ2) is 6.10. The summed E-state index contributed by atoms with van der Waals surface area (Å²) in [7, 11) is 3.00. The third-order valence-corrected chi connectivity index (χ3v) is 2.49. The predicted octanol–water partition coefficient (Wildman–Crippen LogP) is 3.09. The molecule has 0 spiro atoms. The molecule has 0 N–H and O–H groups in total. The largest absolute Gasteiger partial charge is 0.496 e. The number of aryl methyl sites for hydroxylation is 1. The van der Waals surface area contributed by atoms with E-state index >= 15 is 0 Å². The van der Waals surface area contributed by atoms with Crippen molar-refractivity contribution in [3.05, 3.63) is 35.6 Å². The molecule has 98 valence electrons. The van der Waals surface area contributed by atoms with Crippen molar-refractivity contribution in [2.45, 2.75) is 20.3 Å². The van der Waals surface area contributed by atoms with Crippen LogP contribution >= 0.6 is 0 Å². The van der Waals surface area contributed by atoms with E-state index in [1.165, 1.54) is 14.2 Å². The second-order valence-electron chi connectivity index (χ2n) is 3.83. The monoisotopic (exact) mass is 250 g/mol. The first-order chi connectivity index (χ1) is 8.53. The van der Waals surface area contributed by atoms with Gasteiger partial charge in [0, 0.05) is 6.42 Å². The standard InChI is InChI=1S/C14H18O4/c1-6-10(3)18-14(15)13-11(16-4)7-9(2)8-12(13)17-5/h7-8H,3,6H2,1-2,4-5H3. The van der Waals surface area contributed by atoms with Gasteiger partial charge in [-0.15, -0.1) is 0 Å². The smallest absolute Gasteiger partial charge is 0.350 e. The summed E-state index contributed by atoms with van der Waals surface area (Å²) >= 11 is 0. The SMILES string of the molecule is C=C(CC)OC(=O)c1c(OC)cc(C)cc1OC. The van der Waals surface area contributed by atoms with Crippen LogP contribution in [0.4, 0.5) is 0 Å². The first-order valence-electron chi connectivity index (χ1n) is 5.66. The average molecular weight is 250 g/mol. The Kier molecular flexibility index (Phi) is 4.77. The third kappa shape index (κ3) is 3.03. The van der Waals surface area contributed by atoms with Crippen LogP contribution in [-0.4, -0.2) is 20.2 Å². The minimum Gasteiger partial charge on any atom is -0.496 e. The zero-order valence-corrected chi connectivity index (χ0v) is 11.2. The van der Waals surface area contributed by atoms with Crippen LogP contribution in [0.3, 0.4) is 0 Å². The lowest BCUT2D eigenvalue weighted by Crippen LogP contribution is -2.09. The lowest BCUT2D eigenvalue weighted by Gasteiger charge is -2.13. The van der Waals surface area contributed by atoms with E-state index in [1.54, 1.807) is 12.1 Å². The van der Waals surface area contributed by atoms with Gasteiger partial charge < -0.3 is 14.2 Å². The van der Waals surface area contributed by atoms with Crippen LogP contribution in [0.15, 0.2) is 24.5 Å². The highest BCUT2D eigenvalue weighted by Crippen LogP contribution is 2.31. The number of ether oxygens (including phenoxy) is 3. The lowest BCUT2D eigenvalue weighted by atomic mass is 10.1. The Bertz CT molecular complexity index is 438. The minimum atomic E-state index is -0.518. The summed E-state index contributed by atoms with van der Waals surface area (Å²) in [5, 5.41) is 0. The molecule has 0 aromatic heterocycles. The predicted molar refractivity (Wildman–Crippen MR) is 69.1 cm³/mol. The van der Waals surface area contributed by atoms with Crippen molar-refractivity contribution in [2.24, 2.45) is 0 Å². The second-order valence-corrected chi connectivity index (χ2v) is 3.83. The highest BCUT2D eigenvalue weighted by atomic mass is 16.5. The van der Waals surface area contributed by atoms with Crippen molar-refractivity contribution in [3.63, 3.8) is 0 Å². The Labute approximate surface area is 107 Å². The van der Waals surface area contributed by atoms with Crippen LogP contribution < -0.4 is 9.47 Å². The molecule has 0 aliphatic heterocycles. The molecule has 0 unspecified atom stereocenters. The molecule has 1 rings (SSSR count). The minimum absolute atomic E-state index is 0.278. The number of allylic oxidation sites excluding steroid dienone is 1. The molecule has 0 heterocycles. The third-order valence-electron chi connectivity index (χ3n) is 2.49. The van der Waals surface area contributed by atoms with E-state index in [9.17, 15) is 4.79 Å². The van der Waals surface area contributed by atoms with E-state index in [2.05, 4.69) is 6.58 Å². The van der Waals surface area contributed by atoms with E-state index in [-0.39, 0.29) is 5.56 Å². The summed E-state index contributed by atoms with van der Waals surface area (Å²) in [6.07, 6.45) is 0.572. The van der Waals surface area contributed by atoms with Gasteiger partial charge in [0.05, 0.1) is 14.2 Å². The molecule has 1 aromatic carbocycles. The molecule has 0 saturated carbocycles. The summed E-state index contributed by atoms with van der Waals surface area (Å²) in [6.45, 7) is 7.40. The number of hydrogen-bond donors (Lipinski definition) is 0. The van der Waals surface area contributed by atoms with Crippen LogP contribution in [-0.2, 0) is 4.74 Å². The van der Waals surface area contributed by atoms with E-state index in [4.69, 9.17) is 14.2 Å².